The van der Waals surface area contributed by atoms with Crippen molar-refractivity contribution < 1.29 is 18.9 Å². The second-order valence-corrected chi connectivity index (χ2v) is 7.72. The molecule has 0 radical (unpaired) electrons. The summed E-state index contributed by atoms with van der Waals surface area (Å²) in [5.41, 5.74) is 2.91. The molecule has 2 aromatic heterocycles. The normalized spacial score (nSPS) is 12.7. The van der Waals surface area contributed by atoms with Crippen molar-refractivity contribution in [2.75, 3.05) is 27.4 Å². The summed E-state index contributed by atoms with van der Waals surface area (Å²) in [4.78, 5) is 8.93. The molecule has 0 saturated carbocycles. The van der Waals surface area contributed by atoms with Gasteiger partial charge < -0.3 is 18.9 Å². The second-order valence-electron chi connectivity index (χ2n) is 6.77. The van der Waals surface area contributed by atoms with E-state index in [-0.39, 0.29) is 0 Å². The first-order chi connectivity index (χ1) is 15.2. The molecule has 31 heavy (non-hydrogen) atoms. The van der Waals surface area contributed by atoms with Crippen LogP contribution in [0.15, 0.2) is 53.8 Å². The number of hydrogen-bond acceptors (Lipinski definition) is 8. The first-order valence-corrected chi connectivity index (χ1v) is 10.7. The summed E-state index contributed by atoms with van der Waals surface area (Å²) in [5, 5.41) is 5.32. The van der Waals surface area contributed by atoms with Crippen LogP contribution in [0.5, 0.6) is 23.0 Å². The molecule has 0 spiro atoms. The molecular formula is C22H20N4O4S. The largest absolute Gasteiger partial charge is 0.493 e. The topological polar surface area (TPSA) is 80.0 Å². The molecule has 3 heterocycles. The molecule has 1 aliphatic rings. The number of aromatic nitrogens is 4. The van der Waals surface area contributed by atoms with Gasteiger partial charge in [0, 0.05) is 17.5 Å². The van der Waals surface area contributed by atoms with Crippen molar-refractivity contribution in [3.05, 3.63) is 54.2 Å². The van der Waals surface area contributed by atoms with Crippen LogP contribution in [0, 0.1) is 0 Å². The summed E-state index contributed by atoms with van der Waals surface area (Å²) >= 11 is 1.54. The minimum atomic E-state index is 0.539. The van der Waals surface area contributed by atoms with Gasteiger partial charge in [-0.3, -0.25) is 0 Å². The lowest BCUT2D eigenvalue weighted by Crippen LogP contribution is -2.15. The SMILES string of the molecule is COc1ccc(-c2ccnc3nc(SCc4ccc5c(c4)OCCO5)nn23)cc1OC. The summed E-state index contributed by atoms with van der Waals surface area (Å²) in [6, 6.07) is 13.6. The molecule has 158 valence electrons. The molecular weight excluding hydrogens is 416 g/mol. The van der Waals surface area contributed by atoms with E-state index in [2.05, 4.69) is 15.1 Å². The van der Waals surface area contributed by atoms with Crippen LogP contribution in [0.3, 0.4) is 0 Å². The Kier molecular flexibility index (Phi) is 5.25. The first kappa shape index (κ1) is 19.5. The highest BCUT2D eigenvalue weighted by atomic mass is 32.2. The maximum absolute atomic E-state index is 5.67. The number of fused-ring (bicyclic) bond motifs is 2. The van der Waals surface area contributed by atoms with Crippen molar-refractivity contribution in [3.63, 3.8) is 0 Å². The van der Waals surface area contributed by atoms with Crippen LogP contribution >= 0.6 is 11.8 Å². The van der Waals surface area contributed by atoms with Gasteiger partial charge in [-0.2, -0.15) is 9.50 Å². The van der Waals surface area contributed by atoms with Crippen molar-refractivity contribution in [1.82, 2.24) is 19.6 Å². The van der Waals surface area contributed by atoms with Gasteiger partial charge in [-0.1, -0.05) is 17.8 Å². The van der Waals surface area contributed by atoms with Gasteiger partial charge in [0.1, 0.15) is 13.2 Å². The summed E-state index contributed by atoms with van der Waals surface area (Å²) in [6.45, 7) is 1.16. The zero-order chi connectivity index (χ0) is 21.2. The highest BCUT2D eigenvalue weighted by Crippen LogP contribution is 2.34. The Bertz CT molecular complexity index is 1240. The number of thioether (sulfide) groups is 1. The van der Waals surface area contributed by atoms with Crippen molar-refractivity contribution in [2.24, 2.45) is 0 Å². The Balaban J connectivity index is 1.41. The summed E-state index contributed by atoms with van der Waals surface area (Å²) < 4.78 is 23.8. The van der Waals surface area contributed by atoms with Crippen molar-refractivity contribution in [2.45, 2.75) is 10.9 Å². The molecule has 4 aromatic rings. The predicted molar refractivity (Wildman–Crippen MR) is 116 cm³/mol. The monoisotopic (exact) mass is 436 g/mol. The van der Waals surface area contributed by atoms with Crippen LogP contribution in [-0.2, 0) is 5.75 Å². The van der Waals surface area contributed by atoms with Crippen LogP contribution in [0.4, 0.5) is 0 Å². The Labute approximate surface area is 183 Å². The smallest absolute Gasteiger partial charge is 0.253 e. The maximum Gasteiger partial charge on any atom is 0.253 e. The van der Waals surface area contributed by atoms with E-state index in [4.69, 9.17) is 18.9 Å². The number of nitrogens with zero attached hydrogens (tertiary/aromatic N) is 4. The van der Waals surface area contributed by atoms with Gasteiger partial charge in [0.25, 0.3) is 5.78 Å². The van der Waals surface area contributed by atoms with Gasteiger partial charge in [0.15, 0.2) is 23.0 Å². The van der Waals surface area contributed by atoms with Gasteiger partial charge in [0.05, 0.1) is 19.9 Å². The Morgan fingerprint density at radius 2 is 1.81 bits per heavy atom. The van der Waals surface area contributed by atoms with Gasteiger partial charge in [-0.25, -0.2) is 4.98 Å². The average molecular weight is 436 g/mol. The molecule has 0 atom stereocenters. The lowest BCUT2D eigenvalue weighted by atomic mass is 10.1. The van der Waals surface area contributed by atoms with Gasteiger partial charge in [-0.05, 0) is 42.0 Å². The van der Waals surface area contributed by atoms with Gasteiger partial charge in [-0.15, -0.1) is 5.10 Å². The lowest BCUT2D eigenvalue weighted by molar-refractivity contribution is 0.171. The highest BCUT2D eigenvalue weighted by Gasteiger charge is 2.15. The van der Waals surface area contributed by atoms with E-state index in [0.717, 1.165) is 28.3 Å². The quantitative estimate of drug-likeness (QED) is 0.422. The van der Waals surface area contributed by atoms with E-state index in [1.54, 1.807) is 36.7 Å². The zero-order valence-electron chi connectivity index (χ0n) is 17.1. The molecule has 0 amide bonds. The first-order valence-electron chi connectivity index (χ1n) is 9.70. The predicted octanol–water partition coefficient (Wildman–Crippen LogP) is 3.87. The number of rotatable bonds is 6. The molecule has 0 bridgehead atoms. The minimum absolute atomic E-state index is 0.539. The molecule has 8 nitrogen and oxygen atoms in total. The molecule has 0 fully saturated rings. The molecule has 0 unspecified atom stereocenters. The maximum atomic E-state index is 5.67. The van der Waals surface area contributed by atoms with Crippen LogP contribution < -0.4 is 18.9 Å². The van der Waals surface area contributed by atoms with Crippen molar-refractivity contribution >= 4 is 17.5 Å². The fourth-order valence-corrected chi connectivity index (χ4v) is 4.14. The highest BCUT2D eigenvalue weighted by molar-refractivity contribution is 7.98. The summed E-state index contributed by atoms with van der Waals surface area (Å²) in [6.07, 6.45) is 1.73. The molecule has 1 aliphatic heterocycles. The Morgan fingerprint density at radius 1 is 0.968 bits per heavy atom. The number of ether oxygens (including phenoxy) is 4. The zero-order valence-corrected chi connectivity index (χ0v) is 17.9. The van der Waals surface area contributed by atoms with Crippen LogP contribution in [0.25, 0.3) is 17.0 Å². The van der Waals surface area contributed by atoms with Crippen molar-refractivity contribution in [1.29, 1.82) is 0 Å². The van der Waals surface area contributed by atoms with Gasteiger partial charge >= 0.3 is 0 Å². The number of hydrogen-bond donors (Lipinski definition) is 0. The van der Waals surface area contributed by atoms with E-state index >= 15 is 0 Å². The standard InChI is InChI=1S/C22H20N4O4S/c1-27-17-6-4-15(12-19(17)28-2)16-7-8-23-21-24-22(25-26(16)21)31-13-14-3-5-18-20(11-14)30-10-9-29-18/h3-8,11-12H,9-10,13H2,1-2H3. The van der Waals surface area contributed by atoms with Crippen LogP contribution in [0.1, 0.15) is 5.56 Å². The van der Waals surface area contributed by atoms with Crippen LogP contribution in [0.2, 0.25) is 0 Å². The van der Waals surface area contributed by atoms with E-state index < -0.39 is 0 Å². The Morgan fingerprint density at radius 3 is 2.65 bits per heavy atom. The summed E-state index contributed by atoms with van der Waals surface area (Å²) in [7, 11) is 3.23. The fourth-order valence-electron chi connectivity index (χ4n) is 3.38. The average Bonchev–Trinajstić information content (AvgIpc) is 3.25. The van der Waals surface area contributed by atoms with E-state index in [9.17, 15) is 0 Å². The second kappa shape index (κ2) is 8.35. The van der Waals surface area contributed by atoms with E-state index in [1.807, 2.05) is 42.5 Å². The molecule has 2 aromatic carbocycles. The minimum Gasteiger partial charge on any atom is -0.493 e. The summed E-state index contributed by atoms with van der Waals surface area (Å²) in [5.74, 6) is 4.14. The number of methoxy groups -OCH3 is 2. The fraction of sp³-hybridized carbons (Fsp3) is 0.227. The van der Waals surface area contributed by atoms with Crippen molar-refractivity contribution in [3.8, 4) is 34.3 Å². The van der Waals surface area contributed by atoms with Gasteiger partial charge in [0.2, 0.25) is 5.16 Å². The lowest BCUT2D eigenvalue weighted by Gasteiger charge is -2.18. The molecule has 0 aliphatic carbocycles. The molecule has 0 N–H and O–H groups in total. The van der Waals surface area contributed by atoms with E-state index in [0.29, 0.717) is 41.4 Å². The molecule has 9 heteroatoms. The molecule has 0 saturated heterocycles. The van der Waals surface area contributed by atoms with Crippen LogP contribution in [-0.4, -0.2) is 47.0 Å². The molecule has 5 rings (SSSR count). The van der Waals surface area contributed by atoms with E-state index in [1.165, 1.54) is 0 Å². The third kappa shape index (κ3) is 3.84. The number of benzene rings is 2. The third-order valence-corrected chi connectivity index (χ3v) is 5.78. The third-order valence-electron chi connectivity index (χ3n) is 4.88. The Hall–Kier alpha value is -3.46.